The summed E-state index contributed by atoms with van der Waals surface area (Å²) < 4.78 is 11.9. The first kappa shape index (κ1) is 13.6. The molecule has 0 radical (unpaired) electrons. The van der Waals surface area contributed by atoms with Crippen molar-refractivity contribution in [2.75, 3.05) is 12.0 Å². The molecule has 0 saturated carbocycles. The molecule has 2 atom stereocenters. The fraction of sp³-hybridized carbons (Fsp3) is 0.364. The van der Waals surface area contributed by atoms with E-state index in [1.165, 1.54) is 0 Å². The van der Waals surface area contributed by atoms with E-state index in [9.17, 15) is 9.00 Å². The fourth-order valence-electron chi connectivity index (χ4n) is 1.34. The molecule has 1 aromatic carbocycles. The number of hydrogen-bond acceptors (Lipinski definition) is 2. The summed E-state index contributed by atoms with van der Waals surface area (Å²) in [5.41, 5.74) is 0.664. The number of carbonyl (C=O) groups excluding carboxylic acids is 1. The summed E-state index contributed by atoms with van der Waals surface area (Å²) in [6, 6.07) is 7.32. The van der Waals surface area contributed by atoms with Gasteiger partial charge in [-0.25, -0.2) is 0 Å². The van der Waals surface area contributed by atoms with Crippen molar-refractivity contribution in [1.29, 1.82) is 0 Å². The van der Waals surface area contributed by atoms with Crippen molar-refractivity contribution in [2.45, 2.75) is 13.0 Å². The van der Waals surface area contributed by atoms with Gasteiger partial charge in [-0.05, 0) is 41.6 Å². The Kier molecular flexibility index (Phi) is 5.40. The highest BCUT2D eigenvalue weighted by molar-refractivity contribution is 14.1. The molecule has 16 heavy (non-hydrogen) atoms. The summed E-state index contributed by atoms with van der Waals surface area (Å²) in [5, 5.41) is 2.83. The van der Waals surface area contributed by atoms with Gasteiger partial charge in [-0.2, -0.15) is 0 Å². The van der Waals surface area contributed by atoms with Crippen LogP contribution in [0.25, 0.3) is 0 Å². The van der Waals surface area contributed by atoms with Gasteiger partial charge in [0.25, 0.3) is 5.91 Å². The number of halogens is 1. The summed E-state index contributed by atoms with van der Waals surface area (Å²) >= 11 is 2.13. The number of carbonyl (C=O) groups is 1. The topological polar surface area (TPSA) is 46.2 Å². The van der Waals surface area contributed by atoms with Gasteiger partial charge in [-0.15, -0.1) is 0 Å². The van der Waals surface area contributed by atoms with Gasteiger partial charge >= 0.3 is 0 Å². The molecular formula is C11H14INO2S. The first-order chi connectivity index (χ1) is 7.50. The van der Waals surface area contributed by atoms with E-state index in [4.69, 9.17) is 0 Å². The van der Waals surface area contributed by atoms with Gasteiger partial charge in [0.05, 0.1) is 5.56 Å². The van der Waals surface area contributed by atoms with Crippen LogP contribution in [0.5, 0.6) is 0 Å². The summed E-state index contributed by atoms with van der Waals surface area (Å²) in [6.45, 7) is 1.86. The van der Waals surface area contributed by atoms with Crippen LogP contribution in [0.1, 0.15) is 17.3 Å². The quantitative estimate of drug-likeness (QED) is 0.841. The van der Waals surface area contributed by atoms with E-state index in [-0.39, 0.29) is 11.9 Å². The lowest BCUT2D eigenvalue weighted by Gasteiger charge is -2.13. The Labute approximate surface area is 112 Å². The average molecular weight is 351 g/mol. The molecule has 0 aromatic heterocycles. The van der Waals surface area contributed by atoms with Gasteiger partial charge in [0, 0.05) is 32.4 Å². The third-order valence-electron chi connectivity index (χ3n) is 1.98. The number of rotatable bonds is 4. The zero-order chi connectivity index (χ0) is 12.1. The molecule has 2 unspecified atom stereocenters. The van der Waals surface area contributed by atoms with Crippen molar-refractivity contribution in [3.8, 4) is 0 Å². The maximum atomic E-state index is 11.8. The molecule has 0 saturated heterocycles. The monoisotopic (exact) mass is 351 g/mol. The standard InChI is InChI=1S/C11H14INO2S/c1-8(7-16(2)15)13-11(14)9-5-3-4-6-10(9)12/h3-6,8H,7H2,1-2H3,(H,13,14). The summed E-state index contributed by atoms with van der Waals surface area (Å²) in [5.74, 6) is 0.373. The van der Waals surface area contributed by atoms with Crippen molar-refractivity contribution in [3.63, 3.8) is 0 Å². The zero-order valence-electron chi connectivity index (χ0n) is 9.20. The Bertz CT molecular complexity index is 409. The summed E-state index contributed by atoms with van der Waals surface area (Å²) in [6.07, 6.45) is 1.63. The van der Waals surface area contributed by atoms with Gasteiger partial charge in [0.15, 0.2) is 0 Å². The first-order valence-electron chi connectivity index (χ1n) is 4.86. The van der Waals surface area contributed by atoms with Crippen LogP contribution in [0.3, 0.4) is 0 Å². The highest BCUT2D eigenvalue weighted by Crippen LogP contribution is 2.11. The second-order valence-corrected chi connectivity index (χ2v) is 6.24. The van der Waals surface area contributed by atoms with Gasteiger partial charge in [-0.1, -0.05) is 12.1 Å². The van der Waals surface area contributed by atoms with Crippen LogP contribution >= 0.6 is 22.6 Å². The Hall–Kier alpha value is -0.430. The lowest BCUT2D eigenvalue weighted by molar-refractivity contribution is 0.0943. The predicted molar refractivity (Wildman–Crippen MR) is 75.0 cm³/mol. The number of hydrogen-bond donors (Lipinski definition) is 1. The first-order valence-corrected chi connectivity index (χ1v) is 7.66. The van der Waals surface area contributed by atoms with Gasteiger partial charge in [0.1, 0.15) is 0 Å². The van der Waals surface area contributed by atoms with Crippen LogP contribution < -0.4 is 5.32 Å². The third kappa shape index (κ3) is 4.21. The van der Waals surface area contributed by atoms with E-state index < -0.39 is 10.8 Å². The van der Waals surface area contributed by atoms with E-state index >= 15 is 0 Å². The zero-order valence-corrected chi connectivity index (χ0v) is 12.2. The Morgan fingerprint density at radius 2 is 2.12 bits per heavy atom. The predicted octanol–water partition coefficient (Wildman–Crippen LogP) is 1.79. The van der Waals surface area contributed by atoms with E-state index in [0.717, 1.165) is 3.57 Å². The molecular weight excluding hydrogens is 337 g/mol. The van der Waals surface area contributed by atoms with Crippen LogP contribution in [0.4, 0.5) is 0 Å². The van der Waals surface area contributed by atoms with Crippen LogP contribution in [0.2, 0.25) is 0 Å². The third-order valence-corrected chi connectivity index (χ3v) is 3.89. The molecule has 0 aliphatic rings. The maximum Gasteiger partial charge on any atom is 0.252 e. The van der Waals surface area contributed by atoms with Crippen LogP contribution in [-0.2, 0) is 10.8 Å². The Morgan fingerprint density at radius 1 is 1.50 bits per heavy atom. The maximum absolute atomic E-state index is 11.8. The highest BCUT2D eigenvalue weighted by atomic mass is 127. The molecule has 3 nitrogen and oxygen atoms in total. The average Bonchev–Trinajstić information content (AvgIpc) is 2.16. The molecule has 5 heteroatoms. The highest BCUT2D eigenvalue weighted by Gasteiger charge is 2.12. The SMILES string of the molecule is CC(CS(C)=O)NC(=O)c1ccccc1I. The molecule has 1 N–H and O–H groups in total. The minimum atomic E-state index is -0.890. The van der Waals surface area contributed by atoms with Crippen molar-refractivity contribution in [3.05, 3.63) is 33.4 Å². The van der Waals surface area contributed by atoms with Crippen LogP contribution in [0.15, 0.2) is 24.3 Å². The molecule has 0 spiro atoms. The molecule has 1 rings (SSSR count). The Balaban J connectivity index is 2.66. The van der Waals surface area contributed by atoms with Crippen LogP contribution in [-0.4, -0.2) is 28.2 Å². The minimum absolute atomic E-state index is 0.0747. The van der Waals surface area contributed by atoms with E-state index in [0.29, 0.717) is 11.3 Å². The number of amides is 1. The lowest BCUT2D eigenvalue weighted by Crippen LogP contribution is -2.36. The summed E-state index contributed by atoms with van der Waals surface area (Å²) in [4.78, 5) is 11.8. The molecule has 1 aromatic rings. The summed E-state index contributed by atoms with van der Waals surface area (Å²) in [7, 11) is -0.890. The van der Waals surface area contributed by atoms with Crippen molar-refractivity contribution >= 4 is 39.3 Å². The van der Waals surface area contributed by atoms with Crippen molar-refractivity contribution in [1.82, 2.24) is 5.32 Å². The van der Waals surface area contributed by atoms with Gasteiger partial charge in [-0.3, -0.25) is 9.00 Å². The van der Waals surface area contributed by atoms with Crippen molar-refractivity contribution in [2.24, 2.45) is 0 Å². The molecule has 0 bridgehead atoms. The largest absolute Gasteiger partial charge is 0.349 e. The van der Waals surface area contributed by atoms with Gasteiger partial charge < -0.3 is 5.32 Å². The van der Waals surface area contributed by atoms with Gasteiger partial charge in [0.2, 0.25) is 0 Å². The number of benzene rings is 1. The molecule has 88 valence electrons. The molecule has 1 amide bonds. The lowest BCUT2D eigenvalue weighted by atomic mass is 10.2. The normalized spacial score (nSPS) is 14.2. The minimum Gasteiger partial charge on any atom is -0.349 e. The smallest absolute Gasteiger partial charge is 0.252 e. The second-order valence-electron chi connectivity index (χ2n) is 3.59. The van der Waals surface area contributed by atoms with Crippen LogP contribution in [0, 0.1) is 3.57 Å². The molecule has 0 fully saturated rings. The van der Waals surface area contributed by atoms with Crippen molar-refractivity contribution < 1.29 is 9.00 Å². The second kappa shape index (κ2) is 6.34. The van der Waals surface area contributed by atoms with E-state index in [1.54, 1.807) is 12.3 Å². The molecule has 0 aliphatic heterocycles. The number of nitrogens with one attached hydrogen (secondary N) is 1. The Morgan fingerprint density at radius 3 is 2.69 bits per heavy atom. The molecule has 0 aliphatic carbocycles. The fourth-order valence-corrected chi connectivity index (χ4v) is 2.76. The van der Waals surface area contributed by atoms with E-state index in [1.807, 2.05) is 25.1 Å². The molecule has 0 heterocycles. The van der Waals surface area contributed by atoms with E-state index in [2.05, 4.69) is 27.9 Å².